The van der Waals surface area contributed by atoms with E-state index in [-0.39, 0.29) is 5.82 Å². The van der Waals surface area contributed by atoms with Crippen molar-refractivity contribution in [1.29, 1.82) is 0 Å². The molecule has 6 heteroatoms. The lowest BCUT2D eigenvalue weighted by Gasteiger charge is -2.12. The Bertz CT molecular complexity index is 881. The lowest BCUT2D eigenvalue weighted by atomic mass is 10.1. The zero-order valence-electron chi connectivity index (χ0n) is 15.2. The highest BCUT2D eigenvalue weighted by Gasteiger charge is 2.07. The Kier molecular flexibility index (Phi) is 5.53. The van der Waals surface area contributed by atoms with Gasteiger partial charge in [-0.05, 0) is 44.8 Å². The number of rotatable bonds is 6. The fourth-order valence-electron chi connectivity index (χ4n) is 2.67. The third-order valence-electron chi connectivity index (χ3n) is 3.84. The first-order valence-electron chi connectivity index (χ1n) is 8.44. The third kappa shape index (κ3) is 4.61. The van der Waals surface area contributed by atoms with Crippen LogP contribution in [0, 0.1) is 12.7 Å². The summed E-state index contributed by atoms with van der Waals surface area (Å²) < 4.78 is 14.2. The number of pyridine rings is 1. The molecule has 3 aromatic rings. The minimum Gasteiger partial charge on any atom is -0.366 e. The molecule has 5 nitrogen and oxygen atoms in total. The van der Waals surface area contributed by atoms with Gasteiger partial charge in [-0.1, -0.05) is 18.2 Å². The molecule has 0 aliphatic rings. The Morgan fingerprint density at radius 2 is 1.88 bits per heavy atom. The molecule has 2 aromatic heterocycles. The van der Waals surface area contributed by atoms with Gasteiger partial charge in [0.15, 0.2) is 0 Å². The molecule has 0 radical (unpaired) electrons. The predicted molar refractivity (Wildman–Crippen MR) is 101 cm³/mol. The van der Waals surface area contributed by atoms with Crippen molar-refractivity contribution in [3.05, 3.63) is 71.4 Å². The van der Waals surface area contributed by atoms with E-state index in [1.54, 1.807) is 12.3 Å². The van der Waals surface area contributed by atoms with Crippen molar-refractivity contribution in [3.8, 4) is 11.4 Å². The van der Waals surface area contributed by atoms with Crippen LogP contribution in [0.2, 0.25) is 0 Å². The first kappa shape index (κ1) is 17.9. The summed E-state index contributed by atoms with van der Waals surface area (Å²) in [6, 6.07) is 12.9. The van der Waals surface area contributed by atoms with Crippen molar-refractivity contribution < 1.29 is 4.39 Å². The average molecular weight is 351 g/mol. The van der Waals surface area contributed by atoms with Crippen LogP contribution in [0.1, 0.15) is 17.0 Å². The molecule has 0 bridgehead atoms. The summed E-state index contributed by atoms with van der Waals surface area (Å²) >= 11 is 0. The molecular weight excluding hydrogens is 329 g/mol. The molecule has 1 N–H and O–H groups in total. The molecule has 1 aromatic carbocycles. The summed E-state index contributed by atoms with van der Waals surface area (Å²) in [5.41, 5.74) is 3.10. The number of halogens is 1. The van der Waals surface area contributed by atoms with Crippen LogP contribution in [0.4, 0.5) is 10.2 Å². The van der Waals surface area contributed by atoms with Gasteiger partial charge in [0, 0.05) is 30.9 Å². The number of aryl methyl sites for hydroxylation is 1. The smallest absolute Gasteiger partial charge is 0.130 e. The maximum absolute atomic E-state index is 14.2. The van der Waals surface area contributed by atoms with Gasteiger partial charge >= 0.3 is 0 Å². The van der Waals surface area contributed by atoms with Crippen LogP contribution in [0.15, 0.2) is 48.7 Å². The molecule has 26 heavy (non-hydrogen) atoms. The van der Waals surface area contributed by atoms with E-state index in [2.05, 4.69) is 20.3 Å². The summed E-state index contributed by atoms with van der Waals surface area (Å²) in [6.07, 6.45) is 1.73. The number of anilines is 1. The molecule has 0 spiro atoms. The Morgan fingerprint density at radius 3 is 2.58 bits per heavy atom. The fourth-order valence-corrected chi connectivity index (χ4v) is 2.67. The van der Waals surface area contributed by atoms with Gasteiger partial charge in [0.05, 0.1) is 11.4 Å². The third-order valence-corrected chi connectivity index (χ3v) is 3.84. The molecule has 2 heterocycles. The summed E-state index contributed by atoms with van der Waals surface area (Å²) in [7, 11) is 3.84. The molecule has 0 unspecified atom stereocenters. The Hall–Kier alpha value is -2.86. The second-order valence-electron chi connectivity index (χ2n) is 6.42. The van der Waals surface area contributed by atoms with Crippen molar-refractivity contribution in [2.75, 3.05) is 19.4 Å². The monoisotopic (exact) mass is 351 g/mol. The summed E-state index contributed by atoms with van der Waals surface area (Å²) in [4.78, 5) is 15.1. The van der Waals surface area contributed by atoms with E-state index in [1.807, 2.05) is 62.3 Å². The lowest BCUT2D eigenvalue weighted by Crippen LogP contribution is -2.12. The van der Waals surface area contributed by atoms with Gasteiger partial charge in [-0.15, -0.1) is 0 Å². The van der Waals surface area contributed by atoms with E-state index in [0.29, 0.717) is 30.3 Å². The van der Waals surface area contributed by atoms with Crippen molar-refractivity contribution in [2.45, 2.75) is 20.0 Å². The van der Waals surface area contributed by atoms with Crippen LogP contribution < -0.4 is 5.32 Å². The summed E-state index contributed by atoms with van der Waals surface area (Å²) in [6.45, 7) is 2.91. The van der Waals surface area contributed by atoms with E-state index in [9.17, 15) is 4.39 Å². The number of nitrogens with zero attached hydrogens (tertiary/aromatic N) is 4. The van der Waals surface area contributed by atoms with Crippen molar-refractivity contribution >= 4 is 5.82 Å². The molecule has 3 rings (SSSR count). The molecule has 0 amide bonds. The maximum Gasteiger partial charge on any atom is 0.130 e. The highest BCUT2D eigenvalue weighted by molar-refractivity contribution is 5.58. The number of nitrogens with one attached hydrogen (secondary N) is 1. The van der Waals surface area contributed by atoms with Gasteiger partial charge < -0.3 is 10.2 Å². The number of aromatic nitrogens is 3. The lowest BCUT2D eigenvalue weighted by molar-refractivity contribution is 0.392. The maximum atomic E-state index is 14.2. The zero-order chi connectivity index (χ0) is 18.5. The highest BCUT2D eigenvalue weighted by Crippen LogP contribution is 2.18. The molecule has 0 saturated carbocycles. The van der Waals surface area contributed by atoms with Gasteiger partial charge in [0.25, 0.3) is 0 Å². The van der Waals surface area contributed by atoms with E-state index in [4.69, 9.17) is 0 Å². The molecule has 0 atom stereocenters. The summed E-state index contributed by atoms with van der Waals surface area (Å²) in [5, 5.41) is 3.24. The first-order valence-corrected chi connectivity index (χ1v) is 8.44. The van der Waals surface area contributed by atoms with Gasteiger partial charge in [-0.25, -0.2) is 14.4 Å². The van der Waals surface area contributed by atoms with E-state index in [1.165, 1.54) is 0 Å². The molecule has 0 fully saturated rings. The van der Waals surface area contributed by atoms with Crippen LogP contribution in [0.5, 0.6) is 0 Å². The number of hydrogen-bond donors (Lipinski definition) is 1. The standard InChI is InChI=1S/C20H22FN5/c1-14-24-19(18-6-4-5-9-22-18)11-20(25-14)23-12-15-7-8-16(13-26(2)3)17(21)10-15/h4-11H,12-13H2,1-3H3,(H,23,24,25). The first-order chi connectivity index (χ1) is 12.5. The van der Waals surface area contributed by atoms with Crippen LogP contribution in [-0.4, -0.2) is 33.9 Å². The van der Waals surface area contributed by atoms with Gasteiger partial charge in [0.1, 0.15) is 17.5 Å². The Morgan fingerprint density at radius 1 is 1.04 bits per heavy atom. The molecule has 134 valence electrons. The van der Waals surface area contributed by atoms with Crippen LogP contribution in [-0.2, 0) is 13.1 Å². The SMILES string of the molecule is Cc1nc(NCc2ccc(CN(C)C)c(F)c2)cc(-c2ccccn2)n1. The minimum absolute atomic E-state index is 0.189. The van der Waals surface area contributed by atoms with Gasteiger partial charge in [-0.2, -0.15) is 0 Å². The Balaban J connectivity index is 1.74. The second kappa shape index (κ2) is 8.01. The Labute approximate surface area is 153 Å². The normalized spacial score (nSPS) is 11.0. The molecular formula is C20H22FN5. The predicted octanol–water partition coefficient (Wildman–Crippen LogP) is 3.66. The van der Waals surface area contributed by atoms with Crippen molar-refractivity contribution in [3.63, 3.8) is 0 Å². The number of benzene rings is 1. The van der Waals surface area contributed by atoms with Crippen LogP contribution in [0.25, 0.3) is 11.4 Å². The second-order valence-corrected chi connectivity index (χ2v) is 6.42. The molecule has 0 aliphatic carbocycles. The van der Waals surface area contributed by atoms with E-state index in [0.717, 1.165) is 17.0 Å². The van der Waals surface area contributed by atoms with Crippen LogP contribution >= 0.6 is 0 Å². The van der Waals surface area contributed by atoms with Gasteiger partial charge in [0.2, 0.25) is 0 Å². The largest absolute Gasteiger partial charge is 0.366 e. The molecule has 0 aliphatic heterocycles. The van der Waals surface area contributed by atoms with Crippen LogP contribution in [0.3, 0.4) is 0 Å². The summed E-state index contributed by atoms with van der Waals surface area (Å²) in [5.74, 6) is 1.16. The minimum atomic E-state index is -0.189. The van der Waals surface area contributed by atoms with Gasteiger partial charge in [-0.3, -0.25) is 4.98 Å². The van der Waals surface area contributed by atoms with Crippen molar-refractivity contribution in [2.24, 2.45) is 0 Å². The quantitative estimate of drug-likeness (QED) is 0.734. The van der Waals surface area contributed by atoms with E-state index >= 15 is 0 Å². The highest BCUT2D eigenvalue weighted by atomic mass is 19.1. The number of hydrogen-bond acceptors (Lipinski definition) is 5. The molecule has 0 saturated heterocycles. The zero-order valence-corrected chi connectivity index (χ0v) is 15.2. The topological polar surface area (TPSA) is 53.9 Å². The fraction of sp³-hybridized carbons (Fsp3) is 0.250. The van der Waals surface area contributed by atoms with E-state index < -0.39 is 0 Å². The average Bonchev–Trinajstić information content (AvgIpc) is 2.62. The van der Waals surface area contributed by atoms with Crippen molar-refractivity contribution in [1.82, 2.24) is 19.9 Å².